The van der Waals surface area contributed by atoms with E-state index >= 15 is 0 Å². The molecule has 0 radical (unpaired) electrons. The Morgan fingerprint density at radius 3 is 2.79 bits per heavy atom. The highest BCUT2D eigenvalue weighted by molar-refractivity contribution is 5.65. The number of hydrogen-bond acceptors (Lipinski definition) is 6. The summed E-state index contributed by atoms with van der Waals surface area (Å²) < 4.78 is 6.70. The van der Waals surface area contributed by atoms with Crippen LogP contribution in [0.2, 0.25) is 0 Å². The van der Waals surface area contributed by atoms with Gasteiger partial charge in [0.15, 0.2) is 5.82 Å². The number of nitrogens with one attached hydrogen (secondary N) is 1. The zero-order valence-electron chi connectivity index (χ0n) is 11.6. The third-order valence-corrected chi connectivity index (χ3v) is 2.86. The maximum absolute atomic E-state index is 6.08. The minimum Gasteiger partial charge on any atom is -0.394 e. The molecular weight excluding hydrogens is 244 g/mol. The summed E-state index contributed by atoms with van der Waals surface area (Å²) in [5, 5.41) is 11.5. The fourth-order valence-corrected chi connectivity index (χ4v) is 1.96. The summed E-state index contributed by atoms with van der Waals surface area (Å²) in [6.07, 6.45) is 2.61. The molecule has 0 aromatic carbocycles. The highest BCUT2D eigenvalue weighted by Crippen LogP contribution is 2.22. The van der Waals surface area contributed by atoms with E-state index in [1.165, 1.54) is 0 Å². The van der Waals surface area contributed by atoms with Crippen molar-refractivity contribution < 1.29 is 4.52 Å². The molecular formula is C12H20N6O. The first-order valence-corrected chi connectivity index (χ1v) is 6.46. The predicted molar refractivity (Wildman–Crippen MR) is 72.8 cm³/mol. The van der Waals surface area contributed by atoms with Crippen LogP contribution in [0.25, 0.3) is 0 Å². The van der Waals surface area contributed by atoms with Crippen LogP contribution in [0, 0.1) is 6.92 Å². The van der Waals surface area contributed by atoms with E-state index in [0.717, 1.165) is 30.0 Å². The van der Waals surface area contributed by atoms with E-state index in [4.69, 9.17) is 10.3 Å². The number of hydrogen-bond donors (Lipinski definition) is 2. The minimum atomic E-state index is 0.584. The Labute approximate surface area is 112 Å². The van der Waals surface area contributed by atoms with Gasteiger partial charge in [0.2, 0.25) is 5.89 Å². The number of aryl methyl sites for hydroxylation is 3. The molecule has 19 heavy (non-hydrogen) atoms. The molecule has 104 valence electrons. The Balaban J connectivity index is 1.95. The average molecular weight is 264 g/mol. The molecule has 0 fully saturated rings. The Hall–Kier alpha value is -2.05. The molecule has 0 unspecified atom stereocenters. The lowest BCUT2D eigenvalue weighted by Gasteiger charge is -2.05. The van der Waals surface area contributed by atoms with Crippen LogP contribution in [-0.2, 0) is 19.9 Å². The van der Waals surface area contributed by atoms with Crippen molar-refractivity contribution in [2.45, 2.75) is 33.1 Å². The topological polar surface area (TPSA) is 94.8 Å². The van der Waals surface area contributed by atoms with Crippen molar-refractivity contribution in [2.24, 2.45) is 7.05 Å². The highest BCUT2D eigenvalue weighted by Gasteiger charge is 2.12. The summed E-state index contributed by atoms with van der Waals surface area (Å²) in [4.78, 5) is 4.15. The molecule has 0 aliphatic heterocycles. The monoisotopic (exact) mass is 264 g/mol. The lowest BCUT2D eigenvalue weighted by molar-refractivity contribution is 0.387. The summed E-state index contributed by atoms with van der Waals surface area (Å²) in [6, 6.07) is 0. The molecule has 0 bridgehead atoms. The van der Waals surface area contributed by atoms with E-state index in [1.54, 1.807) is 11.6 Å². The molecule has 0 amide bonds. The summed E-state index contributed by atoms with van der Waals surface area (Å²) in [7, 11) is 1.89. The van der Waals surface area contributed by atoms with E-state index in [9.17, 15) is 0 Å². The van der Waals surface area contributed by atoms with E-state index in [-0.39, 0.29) is 0 Å². The van der Waals surface area contributed by atoms with Crippen LogP contribution < -0.4 is 11.1 Å². The van der Waals surface area contributed by atoms with Crippen molar-refractivity contribution in [1.29, 1.82) is 0 Å². The van der Waals surface area contributed by atoms with Gasteiger partial charge >= 0.3 is 0 Å². The van der Waals surface area contributed by atoms with Gasteiger partial charge in [-0.05, 0) is 6.42 Å². The van der Waals surface area contributed by atoms with Gasteiger partial charge in [0.1, 0.15) is 5.82 Å². The molecule has 0 aliphatic carbocycles. The van der Waals surface area contributed by atoms with Crippen LogP contribution >= 0.6 is 0 Å². The standard InChI is InChI=1S/C12H20N6O/c1-4-5-9-11(13)12(18(3)16-9)14-7-6-10-15-8(2)19-17-10/h14H,4-7,13H2,1-3H3. The molecule has 0 saturated carbocycles. The van der Waals surface area contributed by atoms with E-state index in [2.05, 4.69) is 27.5 Å². The lowest BCUT2D eigenvalue weighted by atomic mass is 10.2. The molecule has 2 rings (SSSR count). The highest BCUT2D eigenvalue weighted by atomic mass is 16.5. The van der Waals surface area contributed by atoms with Crippen molar-refractivity contribution in [2.75, 3.05) is 17.6 Å². The van der Waals surface area contributed by atoms with Crippen molar-refractivity contribution in [3.8, 4) is 0 Å². The SMILES string of the molecule is CCCc1nn(C)c(NCCc2noc(C)n2)c1N. The normalized spacial score (nSPS) is 10.9. The second kappa shape index (κ2) is 5.73. The molecule has 7 heteroatoms. The fraction of sp³-hybridized carbons (Fsp3) is 0.583. The zero-order valence-corrected chi connectivity index (χ0v) is 11.6. The first-order valence-electron chi connectivity index (χ1n) is 6.46. The molecule has 2 aromatic rings. The first kappa shape index (κ1) is 13.4. The van der Waals surface area contributed by atoms with Crippen molar-refractivity contribution in [1.82, 2.24) is 19.9 Å². The predicted octanol–water partition coefficient (Wildman–Crippen LogP) is 1.30. The summed E-state index contributed by atoms with van der Waals surface area (Å²) in [5.41, 5.74) is 7.76. The molecule has 7 nitrogen and oxygen atoms in total. The largest absolute Gasteiger partial charge is 0.394 e. The molecule has 2 heterocycles. The van der Waals surface area contributed by atoms with Gasteiger partial charge in [-0.15, -0.1) is 0 Å². The Kier molecular flexibility index (Phi) is 4.03. The third-order valence-electron chi connectivity index (χ3n) is 2.86. The molecule has 0 aliphatic rings. The number of anilines is 2. The average Bonchev–Trinajstić information content (AvgIpc) is 2.89. The van der Waals surface area contributed by atoms with E-state index < -0.39 is 0 Å². The number of nitrogen functional groups attached to an aromatic ring is 1. The number of rotatable bonds is 6. The number of aromatic nitrogens is 4. The Morgan fingerprint density at radius 2 is 2.16 bits per heavy atom. The smallest absolute Gasteiger partial charge is 0.223 e. The minimum absolute atomic E-state index is 0.584. The third kappa shape index (κ3) is 3.04. The zero-order chi connectivity index (χ0) is 13.8. The van der Waals surface area contributed by atoms with Crippen LogP contribution in [0.1, 0.15) is 30.8 Å². The van der Waals surface area contributed by atoms with E-state index in [1.807, 2.05) is 7.05 Å². The van der Waals surface area contributed by atoms with Crippen molar-refractivity contribution in [3.05, 3.63) is 17.4 Å². The van der Waals surface area contributed by atoms with Crippen LogP contribution in [-0.4, -0.2) is 26.5 Å². The molecule has 0 spiro atoms. The van der Waals surface area contributed by atoms with Crippen molar-refractivity contribution >= 4 is 11.5 Å². The molecule has 2 aromatic heterocycles. The second-order valence-corrected chi connectivity index (χ2v) is 4.49. The first-order chi connectivity index (χ1) is 9.11. The molecule has 3 N–H and O–H groups in total. The van der Waals surface area contributed by atoms with Gasteiger partial charge < -0.3 is 15.6 Å². The van der Waals surface area contributed by atoms with Gasteiger partial charge in [-0.25, -0.2) is 0 Å². The van der Waals surface area contributed by atoms with Gasteiger partial charge in [-0.2, -0.15) is 10.1 Å². The van der Waals surface area contributed by atoms with Gasteiger partial charge in [-0.3, -0.25) is 4.68 Å². The van der Waals surface area contributed by atoms with Crippen LogP contribution in [0.5, 0.6) is 0 Å². The second-order valence-electron chi connectivity index (χ2n) is 4.49. The van der Waals surface area contributed by atoms with Gasteiger partial charge in [-0.1, -0.05) is 18.5 Å². The maximum Gasteiger partial charge on any atom is 0.223 e. The summed E-state index contributed by atoms with van der Waals surface area (Å²) >= 11 is 0. The van der Waals surface area contributed by atoms with Gasteiger partial charge in [0.05, 0.1) is 11.4 Å². The molecule has 0 atom stereocenters. The lowest BCUT2D eigenvalue weighted by Crippen LogP contribution is -2.10. The number of nitrogens with two attached hydrogens (primary N) is 1. The Bertz CT molecular complexity index is 544. The van der Waals surface area contributed by atoms with E-state index in [0.29, 0.717) is 24.7 Å². The van der Waals surface area contributed by atoms with Gasteiger partial charge in [0.25, 0.3) is 0 Å². The quantitative estimate of drug-likeness (QED) is 0.816. The Morgan fingerprint density at radius 1 is 1.37 bits per heavy atom. The summed E-state index contributed by atoms with van der Waals surface area (Å²) in [5.74, 6) is 2.13. The summed E-state index contributed by atoms with van der Waals surface area (Å²) in [6.45, 7) is 4.58. The fourth-order valence-electron chi connectivity index (χ4n) is 1.96. The number of nitrogens with zero attached hydrogens (tertiary/aromatic N) is 4. The maximum atomic E-state index is 6.08. The molecule has 0 saturated heterocycles. The van der Waals surface area contributed by atoms with Crippen molar-refractivity contribution in [3.63, 3.8) is 0 Å². The van der Waals surface area contributed by atoms with Crippen LogP contribution in [0.15, 0.2) is 4.52 Å². The van der Waals surface area contributed by atoms with Crippen LogP contribution in [0.4, 0.5) is 11.5 Å². The van der Waals surface area contributed by atoms with Gasteiger partial charge in [0, 0.05) is 26.9 Å². The van der Waals surface area contributed by atoms with Crippen LogP contribution in [0.3, 0.4) is 0 Å².